The van der Waals surface area contributed by atoms with Gasteiger partial charge in [-0.2, -0.15) is 0 Å². The summed E-state index contributed by atoms with van der Waals surface area (Å²) in [5, 5.41) is 11.4. The van der Waals surface area contributed by atoms with Gasteiger partial charge in [-0.05, 0) is 68.4 Å². The van der Waals surface area contributed by atoms with Crippen molar-refractivity contribution in [2.24, 2.45) is 0 Å². The highest BCUT2D eigenvalue weighted by atomic mass is 16.5. The number of aromatic nitrogens is 1. The first-order valence-corrected chi connectivity index (χ1v) is 12.3. The molecule has 1 unspecified atom stereocenters. The van der Waals surface area contributed by atoms with Crippen LogP contribution in [0, 0.1) is 0 Å². The van der Waals surface area contributed by atoms with Crippen LogP contribution < -0.4 is 14.5 Å². The Kier molecular flexibility index (Phi) is 6.59. The third-order valence-electron chi connectivity index (χ3n) is 6.46. The molecule has 1 atom stereocenters. The minimum atomic E-state index is -0.977. The van der Waals surface area contributed by atoms with Gasteiger partial charge in [-0.25, -0.2) is 4.79 Å². The molecule has 0 aliphatic carbocycles. The number of fused-ring (bicyclic) bond motifs is 1. The molecule has 0 bridgehead atoms. The number of Topliss-reactive ketones (excluding diaryl/α,β-unsaturated/α-hetero) is 1. The minimum Gasteiger partial charge on any atom is -0.507 e. The van der Waals surface area contributed by atoms with Crippen LogP contribution in [0.25, 0.3) is 5.76 Å². The van der Waals surface area contributed by atoms with Crippen LogP contribution in [0.4, 0.5) is 11.4 Å². The quantitative estimate of drug-likeness (QED) is 0.235. The number of carbonyl (C=O) groups is 3. The Morgan fingerprint density at radius 2 is 1.82 bits per heavy atom. The van der Waals surface area contributed by atoms with E-state index in [0.717, 1.165) is 5.69 Å². The lowest BCUT2D eigenvalue weighted by molar-refractivity contribution is -0.132. The van der Waals surface area contributed by atoms with Crippen LogP contribution in [0.2, 0.25) is 0 Å². The molecule has 0 radical (unpaired) electrons. The smallest absolute Gasteiger partial charge is 0.338 e. The molecule has 0 spiro atoms. The van der Waals surface area contributed by atoms with Crippen molar-refractivity contribution in [3.05, 3.63) is 89.3 Å². The van der Waals surface area contributed by atoms with Crippen molar-refractivity contribution in [1.29, 1.82) is 0 Å². The highest BCUT2D eigenvalue weighted by molar-refractivity contribution is 6.51. The second kappa shape index (κ2) is 10.0. The number of aliphatic hydroxyl groups is 1. The number of esters is 1. The average molecular weight is 514 g/mol. The summed E-state index contributed by atoms with van der Waals surface area (Å²) in [6.07, 6.45) is 1.28. The number of ether oxygens (including phenoxy) is 2. The molecular weight excluding hydrogens is 486 g/mol. The first-order valence-electron chi connectivity index (χ1n) is 12.3. The van der Waals surface area contributed by atoms with Crippen molar-refractivity contribution >= 4 is 34.8 Å². The van der Waals surface area contributed by atoms with E-state index in [9.17, 15) is 19.5 Å². The van der Waals surface area contributed by atoms with Gasteiger partial charge in [-0.3, -0.25) is 19.5 Å². The molecule has 194 valence electrons. The zero-order valence-electron chi connectivity index (χ0n) is 21.2. The number of nitrogens with zero attached hydrogens (tertiary/aromatic N) is 3. The number of ketones is 1. The Balaban J connectivity index is 1.60. The molecule has 9 heteroatoms. The number of pyridine rings is 1. The van der Waals surface area contributed by atoms with Crippen LogP contribution in [0.3, 0.4) is 0 Å². The zero-order valence-corrected chi connectivity index (χ0v) is 21.2. The molecule has 2 aliphatic heterocycles. The Morgan fingerprint density at radius 1 is 1.08 bits per heavy atom. The van der Waals surface area contributed by atoms with E-state index >= 15 is 0 Å². The maximum Gasteiger partial charge on any atom is 0.338 e. The van der Waals surface area contributed by atoms with E-state index < -0.39 is 23.7 Å². The van der Waals surface area contributed by atoms with E-state index in [1.165, 1.54) is 17.0 Å². The van der Waals surface area contributed by atoms with Gasteiger partial charge in [0.2, 0.25) is 0 Å². The molecule has 3 heterocycles. The van der Waals surface area contributed by atoms with Crippen LogP contribution in [-0.2, 0) is 14.3 Å². The Hall–Kier alpha value is -4.66. The van der Waals surface area contributed by atoms with Crippen molar-refractivity contribution in [3.63, 3.8) is 0 Å². The maximum atomic E-state index is 13.4. The molecule has 1 aromatic heterocycles. The summed E-state index contributed by atoms with van der Waals surface area (Å²) in [6.45, 7) is 4.74. The molecule has 1 fully saturated rings. The largest absolute Gasteiger partial charge is 0.507 e. The molecule has 5 rings (SSSR count). The van der Waals surface area contributed by atoms with Gasteiger partial charge < -0.3 is 19.5 Å². The van der Waals surface area contributed by atoms with Crippen LogP contribution in [0.1, 0.15) is 41.5 Å². The van der Waals surface area contributed by atoms with Crippen LogP contribution >= 0.6 is 0 Å². The molecule has 9 nitrogen and oxygen atoms in total. The lowest BCUT2D eigenvalue weighted by atomic mass is 9.97. The highest BCUT2D eigenvalue weighted by Gasteiger charge is 2.47. The minimum absolute atomic E-state index is 0.0728. The molecule has 2 aromatic carbocycles. The summed E-state index contributed by atoms with van der Waals surface area (Å²) in [4.78, 5) is 46.7. The average Bonchev–Trinajstić information content (AvgIpc) is 3.18. The van der Waals surface area contributed by atoms with Gasteiger partial charge >= 0.3 is 5.97 Å². The fourth-order valence-corrected chi connectivity index (χ4v) is 4.61. The normalized spacial score (nSPS) is 18.4. The van der Waals surface area contributed by atoms with E-state index in [1.807, 2.05) is 11.9 Å². The van der Waals surface area contributed by atoms with Crippen LogP contribution in [0.15, 0.2) is 72.4 Å². The number of hydrogen-bond acceptors (Lipinski definition) is 8. The Bertz CT molecular complexity index is 1430. The molecule has 3 aromatic rings. The van der Waals surface area contributed by atoms with Crippen molar-refractivity contribution in [2.75, 3.05) is 30.0 Å². The van der Waals surface area contributed by atoms with Crippen molar-refractivity contribution < 1.29 is 29.0 Å². The second-order valence-electron chi connectivity index (χ2n) is 9.38. The van der Waals surface area contributed by atoms with Gasteiger partial charge in [-0.15, -0.1) is 0 Å². The first kappa shape index (κ1) is 25.0. The molecule has 38 heavy (non-hydrogen) atoms. The molecule has 2 aliphatic rings. The summed E-state index contributed by atoms with van der Waals surface area (Å²) >= 11 is 0. The number of hydrogen-bond donors (Lipinski definition) is 1. The summed E-state index contributed by atoms with van der Waals surface area (Å²) in [5.74, 6) is -1.76. The Morgan fingerprint density at radius 3 is 2.50 bits per heavy atom. The van der Waals surface area contributed by atoms with Gasteiger partial charge in [-0.1, -0.05) is 6.07 Å². The van der Waals surface area contributed by atoms with Gasteiger partial charge in [0.25, 0.3) is 11.7 Å². The maximum absolute atomic E-state index is 13.4. The first-order chi connectivity index (χ1) is 18.3. The van der Waals surface area contributed by atoms with Crippen molar-refractivity contribution in [3.8, 4) is 5.75 Å². The molecule has 0 saturated carbocycles. The molecular formula is C29H27N3O6. The van der Waals surface area contributed by atoms with E-state index in [-0.39, 0.29) is 17.4 Å². The van der Waals surface area contributed by atoms with E-state index in [1.54, 1.807) is 68.6 Å². The zero-order chi connectivity index (χ0) is 27.0. The summed E-state index contributed by atoms with van der Waals surface area (Å²) in [7, 11) is 1.92. The fraction of sp³-hybridized carbons (Fsp3) is 0.241. The van der Waals surface area contributed by atoms with E-state index in [2.05, 4.69) is 4.98 Å². The summed E-state index contributed by atoms with van der Waals surface area (Å²) < 4.78 is 10.9. The van der Waals surface area contributed by atoms with E-state index in [4.69, 9.17) is 9.47 Å². The van der Waals surface area contributed by atoms with Gasteiger partial charge in [0.05, 0.1) is 35.2 Å². The number of benzene rings is 2. The van der Waals surface area contributed by atoms with Gasteiger partial charge in [0.15, 0.2) is 0 Å². The fourth-order valence-electron chi connectivity index (χ4n) is 4.61. The van der Waals surface area contributed by atoms with E-state index in [0.29, 0.717) is 41.4 Å². The van der Waals surface area contributed by atoms with Crippen molar-refractivity contribution in [1.82, 2.24) is 4.98 Å². The monoisotopic (exact) mass is 513 g/mol. The van der Waals surface area contributed by atoms with Crippen molar-refractivity contribution in [2.45, 2.75) is 26.0 Å². The summed E-state index contributed by atoms with van der Waals surface area (Å²) in [5.41, 5.74) is 2.18. The number of rotatable bonds is 5. The number of anilines is 2. The lowest BCUT2D eigenvalue weighted by Gasteiger charge is -2.28. The second-order valence-corrected chi connectivity index (χ2v) is 9.38. The molecule has 1 saturated heterocycles. The third kappa shape index (κ3) is 4.47. The number of aliphatic hydroxyl groups excluding tert-OH is 1. The third-order valence-corrected chi connectivity index (χ3v) is 6.46. The lowest BCUT2D eigenvalue weighted by Crippen LogP contribution is -2.29. The standard InChI is InChI=1S/C29H27N3O6/c1-17(2)38-29(36)18-7-10-20(11-8-18)32-25(21-6-4-5-13-30-21)24(27(34)28(32)35)26(33)19-9-12-23-22(16-19)31(3)14-15-37-23/h4-13,16-17,25,33H,14-15H2,1-3H3/b26-24-. The number of amides is 1. The highest BCUT2D eigenvalue weighted by Crippen LogP contribution is 2.42. The summed E-state index contributed by atoms with van der Waals surface area (Å²) in [6, 6.07) is 15.5. The topological polar surface area (TPSA) is 109 Å². The molecule has 1 N–H and O–H groups in total. The van der Waals surface area contributed by atoms with Crippen LogP contribution in [0.5, 0.6) is 5.75 Å². The van der Waals surface area contributed by atoms with Crippen LogP contribution in [-0.4, -0.2) is 54.1 Å². The number of likely N-dealkylation sites (N-methyl/N-ethyl adjacent to an activating group) is 1. The predicted molar refractivity (Wildman–Crippen MR) is 141 cm³/mol. The predicted octanol–water partition coefficient (Wildman–Crippen LogP) is 4.10. The van der Waals surface area contributed by atoms with Gasteiger partial charge in [0, 0.05) is 24.5 Å². The Labute approximate surface area is 219 Å². The number of carbonyl (C=O) groups excluding carboxylic acids is 3. The molecule has 1 amide bonds. The SMILES string of the molecule is CC(C)OC(=O)c1ccc(N2C(=O)C(=O)/C(=C(\O)c3ccc4c(c3)N(C)CCO4)C2c2ccccn2)cc1. The van der Waals surface area contributed by atoms with Gasteiger partial charge in [0.1, 0.15) is 24.2 Å².